The third-order valence-corrected chi connectivity index (χ3v) is 6.49. The summed E-state index contributed by atoms with van der Waals surface area (Å²) in [5.74, 6) is -0.797. The Bertz CT molecular complexity index is 1490. The van der Waals surface area contributed by atoms with Crippen LogP contribution in [0, 0.1) is 0 Å². The lowest BCUT2D eigenvalue weighted by atomic mass is 9.77. The second-order valence-electron chi connectivity index (χ2n) is 10.0. The first-order chi connectivity index (χ1) is 20.1. The number of nitrogens with zero attached hydrogens (tertiary/aromatic N) is 2. The fraction of sp³-hybridized carbons (Fsp3) is 0.267. The minimum atomic E-state index is -5.01. The molecule has 0 saturated heterocycles. The molecule has 0 aliphatic rings. The van der Waals surface area contributed by atoms with Crippen LogP contribution >= 0.6 is 0 Å². The molecule has 0 saturated carbocycles. The molecule has 13 heteroatoms. The maximum absolute atomic E-state index is 13.6. The van der Waals surface area contributed by atoms with Gasteiger partial charge in [-0.05, 0) is 46.9 Å². The van der Waals surface area contributed by atoms with Gasteiger partial charge in [-0.15, -0.1) is 26.3 Å². The first kappa shape index (κ1) is 31.3. The molecule has 0 radical (unpaired) electrons. The number of urea groups is 1. The first-order valence-electron chi connectivity index (χ1n) is 13.0. The minimum Gasteiger partial charge on any atom is -0.406 e. The molecule has 0 atom stereocenters. The molecule has 7 nitrogen and oxygen atoms in total. The number of carbonyl (C=O) groups is 1. The highest BCUT2D eigenvalue weighted by atomic mass is 19.4. The summed E-state index contributed by atoms with van der Waals surface area (Å²) in [4.78, 5) is 13.6. The van der Waals surface area contributed by atoms with Crippen molar-refractivity contribution in [3.8, 4) is 11.5 Å². The van der Waals surface area contributed by atoms with E-state index in [0.717, 1.165) is 24.3 Å². The highest BCUT2D eigenvalue weighted by Gasteiger charge is 2.39. The van der Waals surface area contributed by atoms with Gasteiger partial charge in [0.05, 0.1) is 11.2 Å². The minimum absolute atomic E-state index is 0.0507. The van der Waals surface area contributed by atoms with Gasteiger partial charge in [0.25, 0.3) is 0 Å². The number of ether oxygens (including phenoxy) is 2. The molecule has 2 amide bonds. The van der Waals surface area contributed by atoms with E-state index in [1.807, 2.05) is 13.8 Å². The van der Waals surface area contributed by atoms with Gasteiger partial charge in [-0.2, -0.15) is 5.10 Å². The fourth-order valence-corrected chi connectivity index (χ4v) is 4.61. The van der Waals surface area contributed by atoms with Crippen LogP contribution < -0.4 is 20.1 Å². The molecule has 228 valence electrons. The molecule has 4 aromatic rings. The van der Waals surface area contributed by atoms with Crippen molar-refractivity contribution in [2.75, 3.05) is 5.32 Å². The number of nitrogens with one attached hydrogen (secondary N) is 2. The summed E-state index contributed by atoms with van der Waals surface area (Å²) in [7, 11) is 1.62. The van der Waals surface area contributed by atoms with E-state index in [0.29, 0.717) is 17.1 Å². The number of aromatic nitrogens is 2. The van der Waals surface area contributed by atoms with Crippen LogP contribution in [0.4, 0.5) is 37.0 Å². The highest BCUT2D eigenvalue weighted by molar-refractivity contribution is 5.89. The maximum atomic E-state index is 13.6. The zero-order chi connectivity index (χ0) is 31.4. The van der Waals surface area contributed by atoms with Gasteiger partial charge < -0.3 is 14.8 Å². The fourth-order valence-electron chi connectivity index (χ4n) is 4.61. The van der Waals surface area contributed by atoms with Crippen molar-refractivity contribution in [3.63, 3.8) is 0 Å². The molecule has 4 rings (SSSR count). The van der Waals surface area contributed by atoms with Crippen molar-refractivity contribution in [2.45, 2.75) is 44.4 Å². The van der Waals surface area contributed by atoms with E-state index < -0.39 is 35.8 Å². The summed E-state index contributed by atoms with van der Waals surface area (Å²) < 4.78 is 88.7. The summed E-state index contributed by atoms with van der Waals surface area (Å²) in [6.07, 6.45) is -10.1. The van der Waals surface area contributed by atoms with Crippen molar-refractivity contribution in [3.05, 3.63) is 107 Å². The molecule has 0 bridgehead atoms. The molecule has 3 aromatic carbocycles. The van der Waals surface area contributed by atoms with Gasteiger partial charge in [0.2, 0.25) is 0 Å². The predicted molar refractivity (Wildman–Crippen MR) is 147 cm³/mol. The predicted octanol–water partition coefficient (Wildman–Crippen LogP) is 7.65. The second-order valence-corrected chi connectivity index (χ2v) is 10.0. The lowest BCUT2D eigenvalue weighted by Crippen LogP contribution is -2.50. The average Bonchev–Trinajstić information content (AvgIpc) is 3.27. The lowest BCUT2D eigenvalue weighted by molar-refractivity contribution is -0.275. The van der Waals surface area contributed by atoms with Gasteiger partial charge in [-0.25, -0.2) is 4.79 Å². The Morgan fingerprint density at radius 2 is 1.35 bits per heavy atom. The van der Waals surface area contributed by atoms with E-state index in [-0.39, 0.29) is 23.5 Å². The smallest absolute Gasteiger partial charge is 0.406 e. The summed E-state index contributed by atoms with van der Waals surface area (Å²) >= 11 is 0. The van der Waals surface area contributed by atoms with E-state index in [4.69, 9.17) is 0 Å². The van der Waals surface area contributed by atoms with Crippen molar-refractivity contribution in [1.29, 1.82) is 0 Å². The Balaban J connectivity index is 1.89. The molecule has 0 aliphatic heterocycles. The van der Waals surface area contributed by atoms with Crippen LogP contribution in [0.1, 0.15) is 42.1 Å². The maximum Gasteiger partial charge on any atom is 0.573 e. The number of aryl methyl sites for hydroxylation is 1. The van der Waals surface area contributed by atoms with Crippen molar-refractivity contribution in [2.24, 2.45) is 7.05 Å². The van der Waals surface area contributed by atoms with E-state index in [1.165, 1.54) is 28.9 Å². The quantitative estimate of drug-likeness (QED) is 0.192. The lowest BCUT2D eigenvalue weighted by Gasteiger charge is -2.37. The number of halogens is 6. The number of anilines is 1. The molecule has 2 N–H and O–H groups in total. The van der Waals surface area contributed by atoms with E-state index >= 15 is 0 Å². The normalized spacial score (nSPS) is 12.2. The van der Waals surface area contributed by atoms with Crippen molar-refractivity contribution < 1.29 is 40.6 Å². The van der Waals surface area contributed by atoms with Gasteiger partial charge in [0, 0.05) is 19.5 Å². The number of hydrogen-bond donors (Lipinski definition) is 2. The Morgan fingerprint density at radius 1 is 0.814 bits per heavy atom. The van der Waals surface area contributed by atoms with Crippen LogP contribution in [-0.2, 0) is 19.0 Å². The number of hydrogen-bond acceptors (Lipinski definition) is 4. The molecule has 1 heterocycles. The summed E-state index contributed by atoms with van der Waals surface area (Å²) in [5, 5.41) is 9.90. The largest absolute Gasteiger partial charge is 0.573 e. The van der Waals surface area contributed by atoms with Gasteiger partial charge in [-0.3, -0.25) is 10.00 Å². The number of amides is 2. The zero-order valence-electron chi connectivity index (χ0n) is 23.3. The van der Waals surface area contributed by atoms with Crippen molar-refractivity contribution in [1.82, 2.24) is 15.1 Å². The number of alkyl halides is 6. The van der Waals surface area contributed by atoms with Crippen LogP contribution in [0.2, 0.25) is 0 Å². The topological polar surface area (TPSA) is 77.4 Å². The van der Waals surface area contributed by atoms with Crippen LogP contribution in [0.3, 0.4) is 0 Å². The first-order valence-corrected chi connectivity index (χ1v) is 13.0. The van der Waals surface area contributed by atoms with Gasteiger partial charge in [0.1, 0.15) is 17.3 Å². The molecule has 0 fully saturated rings. The summed E-state index contributed by atoms with van der Waals surface area (Å²) in [6.45, 7) is 3.84. The van der Waals surface area contributed by atoms with Crippen molar-refractivity contribution >= 4 is 11.8 Å². The van der Waals surface area contributed by atoms with E-state index in [1.54, 1.807) is 43.4 Å². The highest BCUT2D eigenvalue weighted by Crippen LogP contribution is 2.38. The van der Waals surface area contributed by atoms with Gasteiger partial charge in [0.15, 0.2) is 0 Å². The molecule has 0 aliphatic carbocycles. The second kappa shape index (κ2) is 12.3. The van der Waals surface area contributed by atoms with E-state index in [2.05, 4.69) is 25.2 Å². The van der Waals surface area contributed by atoms with E-state index in [9.17, 15) is 31.1 Å². The number of benzene rings is 3. The molecule has 0 spiro atoms. The zero-order valence-corrected chi connectivity index (χ0v) is 23.3. The monoisotopic (exact) mass is 606 g/mol. The van der Waals surface area contributed by atoms with Gasteiger partial charge in [-0.1, -0.05) is 68.4 Å². The Hall–Kier alpha value is -4.68. The van der Waals surface area contributed by atoms with Gasteiger partial charge >= 0.3 is 18.8 Å². The summed E-state index contributed by atoms with van der Waals surface area (Å²) in [5.41, 5.74) is -0.200. The SMILES string of the molecule is CC(C)c1cc(NC(=O)NC(Cc2ccccc2)(c2cccc(OC(F)(F)F)c2)c2cccc(OC(F)(F)F)c2)n(C)n1. The molecular formula is C30H28F6N4O3. The standard InChI is InChI=1S/C30H28F6N4O3/c1-19(2)25-17-26(40(3)39-25)37-27(41)38-28(18-20-9-5-4-6-10-20,21-11-7-13-23(15-21)42-29(31,32)33)22-12-8-14-24(16-22)43-30(34,35)36/h4-17,19H,18H2,1-3H3,(H2,37,38,41). The molecule has 1 aromatic heterocycles. The number of carbonyl (C=O) groups excluding carboxylic acids is 1. The van der Waals surface area contributed by atoms with Crippen LogP contribution in [-0.4, -0.2) is 28.5 Å². The van der Waals surface area contributed by atoms with Crippen LogP contribution in [0.15, 0.2) is 84.9 Å². The third-order valence-electron chi connectivity index (χ3n) is 6.49. The van der Waals surface area contributed by atoms with Crippen LogP contribution in [0.25, 0.3) is 0 Å². The number of rotatable bonds is 9. The average molecular weight is 607 g/mol. The third kappa shape index (κ3) is 8.21. The summed E-state index contributed by atoms with van der Waals surface area (Å²) in [6, 6.07) is 19.3. The van der Waals surface area contributed by atoms with Crippen LogP contribution in [0.5, 0.6) is 11.5 Å². The Labute approximate surface area is 243 Å². The molecular weight excluding hydrogens is 578 g/mol. The Morgan fingerprint density at radius 3 is 1.81 bits per heavy atom. The molecule has 43 heavy (non-hydrogen) atoms. The Kier molecular flexibility index (Phi) is 8.93. The molecule has 0 unspecified atom stereocenters.